The Kier molecular flexibility index (Phi) is 7.85. The van der Waals surface area contributed by atoms with Gasteiger partial charge in [0.1, 0.15) is 0 Å². The topological polar surface area (TPSA) is 104 Å². The maximum Gasteiger partial charge on any atom is 0.243 e. The zero-order valence-electron chi connectivity index (χ0n) is 21.3. The van der Waals surface area contributed by atoms with Crippen LogP contribution in [-0.2, 0) is 31.3 Å². The van der Waals surface area contributed by atoms with Crippen molar-refractivity contribution >= 4 is 36.7 Å². The van der Waals surface area contributed by atoms with Crippen LogP contribution in [0.4, 0.5) is 0 Å². The smallest absolute Gasteiger partial charge is 0.243 e. The molecular weight excluding hydrogens is 522 g/mol. The van der Waals surface area contributed by atoms with Crippen molar-refractivity contribution in [1.82, 2.24) is 13.9 Å². The molecule has 38 heavy (non-hydrogen) atoms. The van der Waals surface area contributed by atoms with E-state index in [1.807, 2.05) is 30.3 Å². The number of fused-ring (bicyclic) bond motifs is 1. The van der Waals surface area contributed by atoms with Gasteiger partial charge in [-0.3, -0.25) is 4.79 Å². The van der Waals surface area contributed by atoms with Gasteiger partial charge in [-0.1, -0.05) is 42.5 Å². The van der Waals surface area contributed by atoms with Crippen LogP contribution in [0.5, 0.6) is 0 Å². The molecule has 202 valence electrons. The van der Waals surface area contributed by atoms with E-state index in [0.29, 0.717) is 50.3 Å². The Balaban J connectivity index is 1.16. The molecule has 0 saturated carbocycles. The van der Waals surface area contributed by atoms with Gasteiger partial charge in [0.2, 0.25) is 26.0 Å². The highest BCUT2D eigenvalue weighted by molar-refractivity contribution is 7.89. The quantitative estimate of drug-likeness (QED) is 0.459. The van der Waals surface area contributed by atoms with E-state index in [9.17, 15) is 21.6 Å². The third-order valence-corrected chi connectivity index (χ3v) is 11.2. The fraction of sp³-hybridized carbons (Fsp3) is 0.393. The summed E-state index contributed by atoms with van der Waals surface area (Å²) < 4.78 is 55.0. The summed E-state index contributed by atoms with van der Waals surface area (Å²) in [5.41, 5.74) is 0.926. The molecule has 1 N–H and O–H groups in total. The molecule has 1 amide bonds. The van der Waals surface area contributed by atoms with Crippen molar-refractivity contribution < 1.29 is 21.6 Å². The summed E-state index contributed by atoms with van der Waals surface area (Å²) in [5, 5.41) is 4.78. The zero-order chi connectivity index (χ0) is 26.8. The van der Waals surface area contributed by atoms with Gasteiger partial charge >= 0.3 is 0 Å². The second-order valence-electron chi connectivity index (χ2n) is 10.0. The normalized spacial score (nSPS) is 19.5. The highest BCUT2D eigenvalue weighted by Crippen LogP contribution is 2.26. The summed E-state index contributed by atoms with van der Waals surface area (Å²) >= 11 is 0. The van der Waals surface area contributed by atoms with Crippen molar-refractivity contribution in [2.24, 2.45) is 5.92 Å². The Bertz CT molecular complexity index is 1520. The third-order valence-electron chi connectivity index (χ3n) is 7.45. The molecule has 10 heteroatoms. The van der Waals surface area contributed by atoms with Crippen molar-refractivity contribution in [3.05, 3.63) is 72.3 Å². The maximum absolute atomic E-state index is 13.3. The average Bonchev–Trinajstić information content (AvgIpc) is 3.49. The fourth-order valence-electron chi connectivity index (χ4n) is 5.23. The molecule has 3 aromatic rings. The molecule has 8 nitrogen and oxygen atoms in total. The molecule has 0 aromatic heterocycles. The van der Waals surface area contributed by atoms with Crippen LogP contribution >= 0.6 is 0 Å². The number of amides is 1. The van der Waals surface area contributed by atoms with Gasteiger partial charge in [-0.2, -0.15) is 8.61 Å². The number of hydrogen-bond acceptors (Lipinski definition) is 5. The molecule has 0 aliphatic carbocycles. The lowest BCUT2D eigenvalue weighted by Gasteiger charge is -2.31. The van der Waals surface area contributed by atoms with Gasteiger partial charge in [0.15, 0.2) is 0 Å². The lowest BCUT2D eigenvalue weighted by molar-refractivity contribution is -0.126. The Labute approximate surface area is 224 Å². The molecule has 0 radical (unpaired) electrons. The number of sulfonamides is 2. The van der Waals surface area contributed by atoms with Crippen molar-refractivity contribution in [2.75, 3.05) is 32.7 Å². The fourth-order valence-corrected chi connectivity index (χ4v) is 8.31. The minimum atomic E-state index is -3.71. The van der Waals surface area contributed by atoms with Crippen LogP contribution in [0.15, 0.2) is 76.5 Å². The number of nitrogens with zero attached hydrogens (tertiary/aromatic N) is 2. The molecule has 2 aliphatic heterocycles. The molecule has 3 aromatic carbocycles. The Morgan fingerprint density at radius 1 is 0.763 bits per heavy atom. The predicted molar refractivity (Wildman–Crippen MR) is 147 cm³/mol. The van der Waals surface area contributed by atoms with Crippen molar-refractivity contribution in [2.45, 2.75) is 41.9 Å². The van der Waals surface area contributed by atoms with Gasteiger partial charge in [-0.25, -0.2) is 16.8 Å². The Morgan fingerprint density at radius 2 is 1.39 bits per heavy atom. The zero-order valence-corrected chi connectivity index (χ0v) is 22.9. The van der Waals surface area contributed by atoms with E-state index in [-0.39, 0.29) is 17.3 Å². The number of nitrogens with one attached hydrogen (secondary N) is 1. The largest absolute Gasteiger partial charge is 0.355 e. The number of hydrogen-bond donors (Lipinski definition) is 1. The predicted octanol–water partition coefficient (Wildman–Crippen LogP) is 3.38. The summed E-state index contributed by atoms with van der Waals surface area (Å²) in [7, 11) is -7.15. The molecule has 2 saturated heterocycles. The number of carbonyl (C=O) groups is 1. The monoisotopic (exact) mass is 555 g/mol. The second-order valence-corrected chi connectivity index (χ2v) is 13.9. The first kappa shape index (κ1) is 26.8. The molecule has 0 bridgehead atoms. The minimum Gasteiger partial charge on any atom is -0.355 e. The standard InChI is InChI=1S/C28H33N3O5S2/c32-28(29-16-15-22-9-12-26(13-10-22)37(33,34)30-17-3-4-18-30)25-8-5-19-31(21-25)38(35,36)27-14-11-23-6-1-2-7-24(23)20-27/h1-2,6-7,9-14,20,25H,3-5,8,15-19,21H2,(H,29,32)/t25-/m0/s1. The van der Waals surface area contributed by atoms with Gasteiger partial charge in [0, 0.05) is 32.7 Å². The first-order chi connectivity index (χ1) is 18.2. The highest BCUT2D eigenvalue weighted by Gasteiger charge is 2.33. The summed E-state index contributed by atoms with van der Waals surface area (Å²) in [6, 6.07) is 19.6. The molecule has 2 fully saturated rings. The van der Waals surface area contributed by atoms with Gasteiger partial charge in [-0.05, 0) is 72.7 Å². The van der Waals surface area contributed by atoms with Crippen molar-refractivity contribution in [3.8, 4) is 0 Å². The number of rotatable bonds is 8. The second kappa shape index (κ2) is 11.1. The molecule has 2 heterocycles. The summed E-state index contributed by atoms with van der Waals surface area (Å²) in [6.45, 7) is 2.08. The summed E-state index contributed by atoms with van der Waals surface area (Å²) in [5.74, 6) is -0.566. The van der Waals surface area contributed by atoms with E-state index in [1.165, 1.54) is 8.61 Å². The van der Waals surface area contributed by atoms with Gasteiger partial charge in [0.05, 0.1) is 15.7 Å². The molecular formula is C28H33N3O5S2. The number of carbonyl (C=O) groups excluding carboxylic acids is 1. The van der Waals surface area contributed by atoms with E-state index >= 15 is 0 Å². The van der Waals surface area contributed by atoms with E-state index in [0.717, 1.165) is 29.2 Å². The van der Waals surface area contributed by atoms with Crippen LogP contribution in [0.1, 0.15) is 31.2 Å². The third kappa shape index (κ3) is 5.63. The van der Waals surface area contributed by atoms with Crippen molar-refractivity contribution in [1.29, 1.82) is 0 Å². The van der Waals surface area contributed by atoms with Crippen LogP contribution in [-0.4, -0.2) is 64.1 Å². The van der Waals surface area contributed by atoms with E-state index < -0.39 is 26.0 Å². The van der Waals surface area contributed by atoms with E-state index in [1.54, 1.807) is 36.4 Å². The average molecular weight is 556 g/mol. The molecule has 5 rings (SSSR count). The first-order valence-electron chi connectivity index (χ1n) is 13.1. The summed E-state index contributed by atoms with van der Waals surface area (Å²) in [4.78, 5) is 13.4. The number of piperidine rings is 1. The van der Waals surface area contributed by atoms with Crippen LogP contribution in [0.25, 0.3) is 10.8 Å². The maximum atomic E-state index is 13.3. The van der Waals surface area contributed by atoms with E-state index in [4.69, 9.17) is 0 Å². The van der Waals surface area contributed by atoms with E-state index in [2.05, 4.69) is 5.32 Å². The first-order valence-corrected chi connectivity index (χ1v) is 16.0. The van der Waals surface area contributed by atoms with Gasteiger partial charge in [-0.15, -0.1) is 0 Å². The van der Waals surface area contributed by atoms with Crippen LogP contribution < -0.4 is 5.32 Å². The minimum absolute atomic E-state index is 0.156. The molecule has 1 atom stereocenters. The highest BCUT2D eigenvalue weighted by atomic mass is 32.2. The molecule has 0 spiro atoms. The van der Waals surface area contributed by atoms with Gasteiger partial charge < -0.3 is 5.32 Å². The van der Waals surface area contributed by atoms with Crippen LogP contribution in [0.2, 0.25) is 0 Å². The van der Waals surface area contributed by atoms with Crippen molar-refractivity contribution in [3.63, 3.8) is 0 Å². The lowest BCUT2D eigenvalue weighted by atomic mass is 9.99. The van der Waals surface area contributed by atoms with Crippen LogP contribution in [0, 0.1) is 5.92 Å². The molecule has 0 unspecified atom stereocenters. The Morgan fingerprint density at radius 3 is 2.13 bits per heavy atom. The lowest BCUT2D eigenvalue weighted by Crippen LogP contribution is -2.45. The molecule has 2 aliphatic rings. The SMILES string of the molecule is O=C(NCCc1ccc(S(=O)(=O)N2CCCC2)cc1)[C@H]1CCCN(S(=O)(=O)c2ccc3ccccc3c2)C1. The number of benzene rings is 3. The van der Waals surface area contributed by atoms with Crippen LogP contribution in [0.3, 0.4) is 0 Å². The summed E-state index contributed by atoms with van der Waals surface area (Å²) in [6.07, 6.45) is 3.61. The Hall–Kier alpha value is -2.79. The van der Waals surface area contributed by atoms with Gasteiger partial charge in [0.25, 0.3) is 0 Å².